The van der Waals surface area contributed by atoms with E-state index in [0.29, 0.717) is 37.3 Å². The Morgan fingerprint density at radius 1 is 1.58 bits per heavy atom. The maximum absolute atomic E-state index is 12.5. The number of thiazole rings is 1. The summed E-state index contributed by atoms with van der Waals surface area (Å²) in [7, 11) is 3.24. The second kappa shape index (κ2) is 9.73. The van der Waals surface area contributed by atoms with Crippen molar-refractivity contribution in [1.82, 2.24) is 15.2 Å². The summed E-state index contributed by atoms with van der Waals surface area (Å²) >= 11 is 0.972. The third-order valence-electron chi connectivity index (χ3n) is 3.24. The Bertz CT molecular complexity index is 540. The Morgan fingerprint density at radius 2 is 2.33 bits per heavy atom. The molecule has 1 saturated heterocycles. The van der Waals surface area contributed by atoms with E-state index in [1.54, 1.807) is 14.2 Å². The predicted molar refractivity (Wildman–Crippen MR) is 95.9 cm³/mol. The minimum atomic E-state index is -4.41. The number of nitrogens with zero attached hydrogens (tertiary/aromatic N) is 3. The van der Waals surface area contributed by atoms with Gasteiger partial charge in [-0.2, -0.15) is 13.2 Å². The van der Waals surface area contributed by atoms with Gasteiger partial charge in [-0.3, -0.25) is 4.99 Å². The third kappa shape index (κ3) is 6.01. The Labute approximate surface area is 159 Å². The van der Waals surface area contributed by atoms with E-state index in [0.717, 1.165) is 16.7 Å². The molecular weight excluding hydrogens is 460 g/mol. The number of guanidine groups is 1. The van der Waals surface area contributed by atoms with Crippen molar-refractivity contribution in [2.24, 2.45) is 4.99 Å². The monoisotopic (exact) mass is 480 g/mol. The summed E-state index contributed by atoms with van der Waals surface area (Å²) in [4.78, 5) is 9.75. The first-order chi connectivity index (χ1) is 10.9. The van der Waals surface area contributed by atoms with E-state index in [1.165, 1.54) is 0 Å². The lowest BCUT2D eigenvalue weighted by Crippen LogP contribution is -2.51. The molecular formula is C13H20F3IN4O2S. The molecule has 2 rings (SSSR count). The first-order valence-corrected chi connectivity index (χ1v) is 7.89. The molecule has 24 heavy (non-hydrogen) atoms. The highest BCUT2D eigenvalue weighted by Gasteiger charge is 2.33. The summed E-state index contributed by atoms with van der Waals surface area (Å²) in [5.74, 6) is 0.609. The first kappa shape index (κ1) is 21.4. The Morgan fingerprint density at radius 3 is 2.92 bits per heavy atom. The van der Waals surface area contributed by atoms with Crippen LogP contribution in [0.2, 0.25) is 0 Å². The van der Waals surface area contributed by atoms with Crippen LogP contribution in [0.25, 0.3) is 0 Å². The molecule has 0 radical (unpaired) electrons. The average molecular weight is 480 g/mol. The number of alkyl halides is 3. The maximum atomic E-state index is 12.5. The Hall–Kier alpha value is -0.660. The summed E-state index contributed by atoms with van der Waals surface area (Å²) in [6.07, 6.45) is -4.46. The summed E-state index contributed by atoms with van der Waals surface area (Å²) < 4.78 is 48.3. The molecule has 6 nitrogen and oxygen atoms in total. The van der Waals surface area contributed by atoms with Gasteiger partial charge in [0.15, 0.2) is 11.7 Å². The molecule has 0 amide bonds. The number of ether oxygens (including phenoxy) is 2. The van der Waals surface area contributed by atoms with Crippen molar-refractivity contribution in [3.63, 3.8) is 0 Å². The van der Waals surface area contributed by atoms with Crippen LogP contribution in [0.4, 0.5) is 13.2 Å². The van der Waals surface area contributed by atoms with Crippen molar-refractivity contribution >= 4 is 41.3 Å². The zero-order valence-electron chi connectivity index (χ0n) is 13.3. The topological polar surface area (TPSA) is 59.0 Å². The van der Waals surface area contributed by atoms with Gasteiger partial charge in [0.05, 0.1) is 25.9 Å². The van der Waals surface area contributed by atoms with Crippen LogP contribution in [0, 0.1) is 0 Å². The lowest BCUT2D eigenvalue weighted by atomic mass is 10.3. The SMILES string of the molecule is CN=C(NCc1nc(C(F)(F)F)cs1)N1CCOC(COC)C1.I. The van der Waals surface area contributed by atoms with Crippen LogP contribution < -0.4 is 5.32 Å². The molecule has 1 unspecified atom stereocenters. The highest BCUT2D eigenvalue weighted by atomic mass is 127. The fourth-order valence-corrected chi connectivity index (χ4v) is 2.95. The fourth-order valence-electron chi connectivity index (χ4n) is 2.21. The summed E-state index contributed by atoms with van der Waals surface area (Å²) in [6.45, 7) is 2.49. The van der Waals surface area contributed by atoms with Crippen LogP contribution in [-0.2, 0) is 22.2 Å². The van der Waals surface area contributed by atoms with Gasteiger partial charge in [0.2, 0.25) is 0 Å². The molecule has 0 aromatic carbocycles. The highest BCUT2D eigenvalue weighted by molar-refractivity contribution is 14.0. The molecule has 1 aromatic heterocycles. The van der Waals surface area contributed by atoms with Crippen LogP contribution in [0.1, 0.15) is 10.7 Å². The van der Waals surface area contributed by atoms with Gasteiger partial charge in [-0.25, -0.2) is 4.98 Å². The van der Waals surface area contributed by atoms with E-state index in [4.69, 9.17) is 9.47 Å². The lowest BCUT2D eigenvalue weighted by Gasteiger charge is -2.34. The summed E-state index contributed by atoms with van der Waals surface area (Å²) in [5.41, 5.74) is -0.860. The quantitative estimate of drug-likeness (QED) is 0.407. The molecule has 1 atom stereocenters. The molecule has 1 N–H and O–H groups in total. The number of halogens is 4. The van der Waals surface area contributed by atoms with Gasteiger partial charge < -0.3 is 19.7 Å². The number of nitrogens with one attached hydrogen (secondary N) is 1. The Balaban J connectivity index is 0.00000288. The summed E-state index contributed by atoms with van der Waals surface area (Å²) in [6, 6.07) is 0. The molecule has 2 heterocycles. The van der Waals surface area contributed by atoms with E-state index in [-0.39, 0.29) is 36.6 Å². The number of aliphatic imine (C=N–C) groups is 1. The molecule has 0 bridgehead atoms. The van der Waals surface area contributed by atoms with Crippen molar-refractivity contribution in [3.05, 3.63) is 16.1 Å². The zero-order chi connectivity index (χ0) is 16.9. The predicted octanol–water partition coefficient (Wildman–Crippen LogP) is 2.20. The van der Waals surface area contributed by atoms with E-state index in [1.807, 2.05) is 4.90 Å². The minimum absolute atomic E-state index is 0. The van der Waals surface area contributed by atoms with Crippen LogP contribution >= 0.6 is 35.3 Å². The van der Waals surface area contributed by atoms with Crippen molar-refractivity contribution in [2.45, 2.75) is 18.8 Å². The number of morpholine rings is 1. The van der Waals surface area contributed by atoms with Crippen molar-refractivity contribution in [3.8, 4) is 0 Å². The number of rotatable bonds is 4. The first-order valence-electron chi connectivity index (χ1n) is 7.01. The van der Waals surface area contributed by atoms with E-state index in [9.17, 15) is 13.2 Å². The van der Waals surface area contributed by atoms with Gasteiger partial charge in [-0.1, -0.05) is 0 Å². The van der Waals surface area contributed by atoms with Crippen molar-refractivity contribution in [1.29, 1.82) is 0 Å². The van der Waals surface area contributed by atoms with Gasteiger partial charge in [-0.05, 0) is 0 Å². The molecule has 1 fully saturated rings. The van der Waals surface area contributed by atoms with Gasteiger partial charge in [0.1, 0.15) is 5.01 Å². The normalized spacial score (nSPS) is 19.1. The van der Waals surface area contributed by atoms with Gasteiger partial charge >= 0.3 is 6.18 Å². The number of aromatic nitrogens is 1. The van der Waals surface area contributed by atoms with Gasteiger partial charge in [-0.15, -0.1) is 35.3 Å². The lowest BCUT2D eigenvalue weighted by molar-refractivity contribution is -0.140. The standard InChI is InChI=1S/C13H19F3N4O2S.HI/c1-17-12(20-3-4-22-9(6-20)7-21-2)18-5-11-19-10(8-23-11)13(14,15)16;/h8-9H,3-7H2,1-2H3,(H,17,18);1H. The van der Waals surface area contributed by atoms with Gasteiger partial charge in [0.25, 0.3) is 0 Å². The van der Waals surface area contributed by atoms with Crippen LogP contribution in [0.3, 0.4) is 0 Å². The molecule has 11 heteroatoms. The maximum Gasteiger partial charge on any atom is 0.434 e. The zero-order valence-corrected chi connectivity index (χ0v) is 16.4. The van der Waals surface area contributed by atoms with Crippen molar-refractivity contribution < 1.29 is 22.6 Å². The molecule has 138 valence electrons. The minimum Gasteiger partial charge on any atom is -0.382 e. The van der Waals surface area contributed by atoms with Gasteiger partial charge in [0, 0.05) is 32.6 Å². The van der Waals surface area contributed by atoms with Crippen LogP contribution in [-0.4, -0.2) is 62.4 Å². The molecule has 1 aromatic rings. The number of hydrogen-bond acceptors (Lipinski definition) is 5. The molecule has 0 saturated carbocycles. The van der Waals surface area contributed by atoms with E-state index < -0.39 is 11.9 Å². The smallest absolute Gasteiger partial charge is 0.382 e. The third-order valence-corrected chi connectivity index (χ3v) is 4.09. The summed E-state index contributed by atoms with van der Waals surface area (Å²) in [5, 5.41) is 4.42. The van der Waals surface area contributed by atoms with E-state index in [2.05, 4.69) is 15.3 Å². The van der Waals surface area contributed by atoms with E-state index >= 15 is 0 Å². The second-order valence-corrected chi connectivity index (χ2v) is 5.86. The molecule has 1 aliphatic rings. The molecule has 0 aliphatic carbocycles. The average Bonchev–Trinajstić information content (AvgIpc) is 2.98. The number of methoxy groups -OCH3 is 1. The van der Waals surface area contributed by atoms with Crippen LogP contribution in [0.5, 0.6) is 0 Å². The second-order valence-electron chi connectivity index (χ2n) is 4.92. The van der Waals surface area contributed by atoms with Crippen molar-refractivity contribution in [2.75, 3.05) is 40.5 Å². The molecule has 0 spiro atoms. The molecule has 1 aliphatic heterocycles. The Kier molecular flexibility index (Phi) is 8.67. The highest BCUT2D eigenvalue weighted by Crippen LogP contribution is 2.29. The fraction of sp³-hybridized carbons (Fsp3) is 0.692. The number of hydrogen-bond donors (Lipinski definition) is 1. The largest absolute Gasteiger partial charge is 0.434 e. The van der Waals surface area contributed by atoms with Crippen LogP contribution in [0.15, 0.2) is 10.4 Å².